The van der Waals surface area contributed by atoms with Gasteiger partial charge in [-0.25, -0.2) is 0 Å². The first kappa shape index (κ1) is 14.9. The van der Waals surface area contributed by atoms with Crippen molar-refractivity contribution >= 4 is 17.3 Å². The summed E-state index contributed by atoms with van der Waals surface area (Å²) < 4.78 is 0. The summed E-state index contributed by atoms with van der Waals surface area (Å²) in [6, 6.07) is 3.88. The van der Waals surface area contributed by atoms with Crippen LogP contribution in [0.5, 0.6) is 0 Å². The minimum Gasteiger partial charge on any atom is -0.396 e. The van der Waals surface area contributed by atoms with Crippen LogP contribution in [0.3, 0.4) is 0 Å². The fraction of sp³-hybridized carbons (Fsp3) is 0.417. The number of hydrogen-bond donors (Lipinski definition) is 3. The van der Waals surface area contributed by atoms with Gasteiger partial charge in [-0.2, -0.15) is 0 Å². The number of amides is 1. The zero-order valence-corrected chi connectivity index (χ0v) is 10.6. The first-order valence-corrected chi connectivity index (χ1v) is 5.91. The number of aliphatic hydroxyl groups is 1. The fourth-order valence-electron chi connectivity index (χ4n) is 1.70. The van der Waals surface area contributed by atoms with Crippen molar-refractivity contribution in [1.82, 2.24) is 0 Å². The van der Waals surface area contributed by atoms with Gasteiger partial charge in [-0.3, -0.25) is 14.9 Å². The molecule has 0 bridgehead atoms. The van der Waals surface area contributed by atoms with Crippen LogP contribution in [0.1, 0.15) is 30.1 Å². The van der Waals surface area contributed by atoms with Gasteiger partial charge in [0.05, 0.1) is 4.92 Å². The van der Waals surface area contributed by atoms with E-state index in [1.54, 1.807) is 0 Å². The number of aliphatic hydroxyl groups excluding tert-OH is 1. The normalized spacial score (nSPS) is 11.9. The summed E-state index contributed by atoms with van der Waals surface area (Å²) in [6.45, 7) is 1.91. The van der Waals surface area contributed by atoms with Crippen molar-refractivity contribution in [3.8, 4) is 0 Å². The predicted octanol–water partition coefficient (Wildman–Crippen LogP) is 1.27. The molecule has 0 saturated heterocycles. The number of carbonyl (C=O) groups excluding carboxylic acids is 1. The van der Waals surface area contributed by atoms with Crippen LogP contribution in [0.4, 0.5) is 11.4 Å². The van der Waals surface area contributed by atoms with Crippen LogP contribution in [0, 0.1) is 10.1 Å². The third-order valence-electron chi connectivity index (χ3n) is 2.67. The quantitative estimate of drug-likeness (QED) is 0.507. The molecule has 0 saturated carbocycles. The Labute approximate surface area is 110 Å². The molecule has 19 heavy (non-hydrogen) atoms. The van der Waals surface area contributed by atoms with Crippen LogP contribution in [0.25, 0.3) is 0 Å². The molecule has 1 unspecified atom stereocenters. The number of nitro benzene ring substituents is 1. The molecule has 0 fully saturated rings. The second-order valence-electron chi connectivity index (χ2n) is 4.26. The highest BCUT2D eigenvalue weighted by Gasteiger charge is 2.17. The first-order valence-electron chi connectivity index (χ1n) is 5.91. The van der Waals surface area contributed by atoms with Crippen LogP contribution in [0.2, 0.25) is 0 Å². The Morgan fingerprint density at radius 2 is 2.26 bits per heavy atom. The first-order chi connectivity index (χ1) is 8.95. The van der Waals surface area contributed by atoms with Gasteiger partial charge in [0.15, 0.2) is 0 Å². The van der Waals surface area contributed by atoms with E-state index in [-0.39, 0.29) is 29.6 Å². The molecule has 4 N–H and O–H groups in total. The van der Waals surface area contributed by atoms with Gasteiger partial charge in [-0.1, -0.05) is 0 Å². The number of benzene rings is 1. The van der Waals surface area contributed by atoms with E-state index in [0.29, 0.717) is 12.8 Å². The van der Waals surface area contributed by atoms with Gasteiger partial charge in [0.2, 0.25) is 5.91 Å². The van der Waals surface area contributed by atoms with Gasteiger partial charge < -0.3 is 16.2 Å². The lowest BCUT2D eigenvalue weighted by atomic mass is 10.1. The number of hydrogen-bond acceptors (Lipinski definition) is 5. The summed E-state index contributed by atoms with van der Waals surface area (Å²) in [5.74, 6) is -0.638. The Morgan fingerprint density at radius 1 is 1.58 bits per heavy atom. The third kappa shape index (κ3) is 4.22. The molecule has 0 aliphatic carbocycles. The van der Waals surface area contributed by atoms with E-state index in [9.17, 15) is 14.9 Å². The number of nitro groups is 1. The van der Waals surface area contributed by atoms with Crippen molar-refractivity contribution in [2.75, 3.05) is 11.9 Å². The topological polar surface area (TPSA) is 118 Å². The highest BCUT2D eigenvalue weighted by Crippen LogP contribution is 2.26. The number of carbonyl (C=O) groups is 1. The lowest BCUT2D eigenvalue weighted by Crippen LogP contribution is -2.18. The average Bonchev–Trinajstić information content (AvgIpc) is 2.35. The van der Waals surface area contributed by atoms with E-state index < -0.39 is 10.8 Å². The van der Waals surface area contributed by atoms with E-state index in [4.69, 9.17) is 10.8 Å². The monoisotopic (exact) mass is 267 g/mol. The lowest BCUT2D eigenvalue weighted by Gasteiger charge is -2.15. The molecule has 0 aliphatic rings. The van der Waals surface area contributed by atoms with Crippen LogP contribution < -0.4 is 11.1 Å². The molecule has 0 spiro atoms. The Bertz CT molecular complexity index is 476. The standard InChI is InChI=1S/C12H17N3O4/c1-8(3-2-6-16)14-10-7-9(12(13)17)4-5-11(10)15(18)19/h4-5,7-8,14,16H,2-3,6H2,1H3,(H2,13,17). The Balaban J connectivity index is 2.97. The molecule has 1 aromatic rings. The van der Waals surface area contributed by atoms with Gasteiger partial charge >= 0.3 is 0 Å². The Hall–Kier alpha value is -2.15. The van der Waals surface area contributed by atoms with E-state index in [2.05, 4.69) is 5.32 Å². The van der Waals surface area contributed by atoms with Crippen molar-refractivity contribution in [2.45, 2.75) is 25.8 Å². The Kier molecular flexibility index (Phi) is 5.25. The molecule has 0 heterocycles. The van der Waals surface area contributed by atoms with Crippen LogP contribution in [-0.2, 0) is 0 Å². The summed E-state index contributed by atoms with van der Waals surface area (Å²) in [7, 11) is 0. The molecular weight excluding hydrogens is 250 g/mol. The number of nitrogens with two attached hydrogens (primary N) is 1. The maximum Gasteiger partial charge on any atom is 0.292 e. The number of primary amides is 1. The van der Waals surface area contributed by atoms with Gasteiger partial charge in [0.1, 0.15) is 5.69 Å². The Morgan fingerprint density at radius 3 is 2.79 bits per heavy atom. The number of rotatable bonds is 7. The summed E-state index contributed by atoms with van der Waals surface area (Å²) in [5.41, 5.74) is 5.51. The maximum absolute atomic E-state index is 11.1. The molecule has 1 atom stereocenters. The molecule has 1 aromatic carbocycles. The SMILES string of the molecule is CC(CCCO)Nc1cc(C(N)=O)ccc1[N+](=O)[O-]. The van der Waals surface area contributed by atoms with Crippen molar-refractivity contribution < 1.29 is 14.8 Å². The molecule has 0 aliphatic heterocycles. The number of anilines is 1. The van der Waals surface area contributed by atoms with Crippen LogP contribution in [0.15, 0.2) is 18.2 Å². The third-order valence-corrected chi connectivity index (χ3v) is 2.67. The highest BCUT2D eigenvalue weighted by molar-refractivity contribution is 5.94. The molecule has 7 heteroatoms. The maximum atomic E-state index is 11.1. The number of nitrogens with one attached hydrogen (secondary N) is 1. The van der Waals surface area contributed by atoms with E-state index in [1.807, 2.05) is 6.92 Å². The predicted molar refractivity (Wildman–Crippen MR) is 71.0 cm³/mol. The number of nitrogens with zero attached hydrogens (tertiary/aromatic N) is 1. The molecule has 0 aromatic heterocycles. The van der Waals surface area contributed by atoms with Crippen molar-refractivity contribution in [1.29, 1.82) is 0 Å². The molecular formula is C12H17N3O4. The van der Waals surface area contributed by atoms with E-state index in [1.165, 1.54) is 18.2 Å². The van der Waals surface area contributed by atoms with Crippen molar-refractivity contribution in [3.05, 3.63) is 33.9 Å². The molecule has 0 radical (unpaired) electrons. The minimum absolute atomic E-state index is 0.0611. The molecule has 1 rings (SSSR count). The summed E-state index contributed by atoms with van der Waals surface area (Å²) in [4.78, 5) is 21.5. The van der Waals surface area contributed by atoms with E-state index >= 15 is 0 Å². The fourth-order valence-corrected chi connectivity index (χ4v) is 1.70. The summed E-state index contributed by atoms with van der Waals surface area (Å²) in [5, 5.41) is 22.6. The zero-order chi connectivity index (χ0) is 14.4. The highest BCUT2D eigenvalue weighted by atomic mass is 16.6. The van der Waals surface area contributed by atoms with Crippen molar-refractivity contribution in [3.63, 3.8) is 0 Å². The molecule has 7 nitrogen and oxygen atoms in total. The van der Waals surface area contributed by atoms with E-state index in [0.717, 1.165) is 0 Å². The van der Waals surface area contributed by atoms with Gasteiger partial charge in [-0.05, 0) is 31.9 Å². The molecule has 1 amide bonds. The smallest absolute Gasteiger partial charge is 0.292 e. The largest absolute Gasteiger partial charge is 0.396 e. The summed E-state index contributed by atoms with van der Waals surface area (Å²) >= 11 is 0. The van der Waals surface area contributed by atoms with Crippen molar-refractivity contribution in [2.24, 2.45) is 5.73 Å². The zero-order valence-electron chi connectivity index (χ0n) is 10.6. The van der Waals surface area contributed by atoms with Gasteiger partial charge in [0, 0.05) is 24.3 Å². The summed E-state index contributed by atoms with van der Waals surface area (Å²) in [6.07, 6.45) is 1.26. The van der Waals surface area contributed by atoms with Gasteiger partial charge in [-0.15, -0.1) is 0 Å². The van der Waals surface area contributed by atoms with Crippen LogP contribution >= 0.6 is 0 Å². The van der Waals surface area contributed by atoms with Gasteiger partial charge in [0.25, 0.3) is 5.69 Å². The second kappa shape index (κ2) is 6.69. The average molecular weight is 267 g/mol. The van der Waals surface area contributed by atoms with Crippen LogP contribution in [-0.4, -0.2) is 28.6 Å². The lowest BCUT2D eigenvalue weighted by molar-refractivity contribution is -0.384. The second-order valence-corrected chi connectivity index (χ2v) is 4.26. The minimum atomic E-state index is -0.638. The molecule has 104 valence electrons.